The molecule has 33 nitrogen and oxygen atoms in total. The van der Waals surface area contributed by atoms with Crippen molar-refractivity contribution in [1.82, 2.24) is 16.0 Å². The monoisotopic (exact) mass is 1250 g/mol. The van der Waals surface area contributed by atoms with E-state index in [-0.39, 0.29) is 170 Å². The van der Waals surface area contributed by atoms with Gasteiger partial charge < -0.3 is 114 Å². The average Bonchev–Trinajstić information content (AvgIpc) is 1.02. The van der Waals surface area contributed by atoms with Crippen LogP contribution in [-0.2, 0) is 19.2 Å². The zero-order valence-electron chi connectivity index (χ0n) is 50.4. The van der Waals surface area contributed by atoms with E-state index in [1.165, 1.54) is 94.1 Å². The molecule has 0 aromatic heterocycles. The van der Waals surface area contributed by atoms with Gasteiger partial charge >= 0.3 is 0 Å². The van der Waals surface area contributed by atoms with E-state index in [1.54, 1.807) is 6.92 Å². The van der Waals surface area contributed by atoms with Crippen LogP contribution in [0.5, 0.6) is 23.0 Å². The predicted octanol–water partition coefficient (Wildman–Crippen LogP) is -1.10. The molecule has 4 aromatic rings. The first-order valence-electron chi connectivity index (χ1n) is 28.1. The van der Waals surface area contributed by atoms with Crippen LogP contribution in [0.15, 0.2) is 92.8 Å². The van der Waals surface area contributed by atoms with Crippen molar-refractivity contribution in [3.63, 3.8) is 0 Å². The van der Waals surface area contributed by atoms with E-state index in [0.29, 0.717) is 6.42 Å². The molecule has 0 aliphatic rings. The third-order valence-corrected chi connectivity index (χ3v) is 13.0. The minimum atomic E-state index is -1.32. The fourth-order valence-electron chi connectivity index (χ4n) is 8.57. The number of rotatable bonds is 36. The number of carbonyl (C=O) groups is 8. The van der Waals surface area contributed by atoms with Crippen molar-refractivity contribution in [2.75, 3.05) is 75.4 Å². The van der Waals surface area contributed by atoms with Crippen LogP contribution in [0.4, 0.5) is 22.7 Å². The number of hydrogen-bond donors (Lipinski definition) is 17. The van der Waals surface area contributed by atoms with E-state index in [9.17, 15) is 38.4 Å². The van der Waals surface area contributed by atoms with Crippen molar-refractivity contribution >= 4 is 93.8 Å². The number of guanidine groups is 4. The zero-order valence-corrected chi connectivity index (χ0v) is 50.4. The van der Waals surface area contributed by atoms with Crippen LogP contribution in [0.25, 0.3) is 0 Å². The maximum atomic E-state index is 14.4. The van der Waals surface area contributed by atoms with Crippen molar-refractivity contribution in [2.24, 2.45) is 77.3 Å². The topological polar surface area (TPSA) is 567 Å². The molecule has 4 atom stereocenters. The van der Waals surface area contributed by atoms with Gasteiger partial charge in [0.05, 0.1) is 56.2 Å². The minimum absolute atomic E-state index is 0.00531. The fourth-order valence-corrected chi connectivity index (χ4v) is 8.57. The third kappa shape index (κ3) is 23.3. The first-order chi connectivity index (χ1) is 42.9. The highest BCUT2D eigenvalue weighted by atomic mass is 16.5. The number of benzene rings is 4. The van der Waals surface area contributed by atoms with E-state index in [2.05, 4.69) is 57.2 Å². The van der Waals surface area contributed by atoms with E-state index < -0.39 is 71.4 Å². The number of carbonyl (C=O) groups excluding carboxylic acids is 8. The van der Waals surface area contributed by atoms with Gasteiger partial charge in [0, 0.05) is 48.9 Å². The van der Waals surface area contributed by atoms with Gasteiger partial charge in [0.1, 0.15) is 41.1 Å². The van der Waals surface area contributed by atoms with Crippen LogP contribution in [0.1, 0.15) is 99.7 Å². The second kappa shape index (κ2) is 36.1. The zero-order chi connectivity index (χ0) is 66.5. The molecule has 4 aromatic carbocycles. The Morgan fingerprint density at radius 3 is 0.956 bits per heavy atom. The summed E-state index contributed by atoms with van der Waals surface area (Å²) < 4.78 is 22.0. The Kier molecular flexibility index (Phi) is 28.6. The summed E-state index contributed by atoms with van der Waals surface area (Å²) in [5, 5.41) is 19.0. The van der Waals surface area contributed by atoms with Crippen LogP contribution < -0.4 is 114 Å². The molecule has 0 bridgehead atoms. The Morgan fingerprint density at radius 2 is 0.678 bits per heavy atom. The number of hydrogen-bond acceptors (Lipinski definition) is 17. The molecule has 33 heteroatoms. The predicted molar refractivity (Wildman–Crippen MR) is 341 cm³/mol. The van der Waals surface area contributed by atoms with E-state index in [4.69, 9.17) is 76.3 Å². The van der Waals surface area contributed by atoms with Gasteiger partial charge in [-0.15, -0.1) is 0 Å². The van der Waals surface area contributed by atoms with Crippen molar-refractivity contribution in [3.8, 4) is 23.0 Å². The van der Waals surface area contributed by atoms with E-state index in [1.807, 2.05) is 0 Å². The lowest BCUT2D eigenvalue weighted by atomic mass is 10.1. The summed E-state index contributed by atoms with van der Waals surface area (Å²) in [4.78, 5) is 126. The third-order valence-electron chi connectivity index (χ3n) is 13.0. The molecule has 0 unspecified atom stereocenters. The van der Waals surface area contributed by atoms with Crippen LogP contribution in [0.2, 0.25) is 0 Å². The molecule has 27 N–H and O–H groups in total. The smallest absolute Gasteiger partial charge is 0.255 e. The number of nitrogens with one attached hydrogen (secondary N) is 7. The number of nitrogens with two attached hydrogens (primary N) is 10. The summed E-state index contributed by atoms with van der Waals surface area (Å²) in [5.74, 6) is -6.27. The van der Waals surface area contributed by atoms with Crippen molar-refractivity contribution in [3.05, 3.63) is 95.1 Å². The van der Waals surface area contributed by atoms with Gasteiger partial charge in [-0.05, 0) is 131 Å². The highest BCUT2D eigenvalue weighted by Gasteiger charge is 2.29. The summed E-state index contributed by atoms with van der Waals surface area (Å²) in [6.45, 7) is 2.47. The Morgan fingerprint density at radius 1 is 0.400 bits per heavy atom. The Labute approximate surface area is 518 Å². The number of aliphatic imine (C=N–C) groups is 4. The summed E-state index contributed by atoms with van der Waals surface area (Å²) in [7, 11) is 3.94. The molecule has 90 heavy (non-hydrogen) atoms. The van der Waals surface area contributed by atoms with Gasteiger partial charge in [-0.25, -0.2) is 0 Å². The molecule has 0 saturated carbocycles. The first-order valence-corrected chi connectivity index (χ1v) is 28.1. The maximum absolute atomic E-state index is 14.4. The largest absolute Gasteiger partial charge is 0.496 e. The lowest BCUT2D eigenvalue weighted by molar-refractivity contribution is -0.118. The Bertz CT molecular complexity index is 3300. The summed E-state index contributed by atoms with van der Waals surface area (Å²) in [6.07, 6.45) is 1.24. The number of primary amides is 1. The molecular formula is C57H81N21O12. The van der Waals surface area contributed by atoms with Crippen LogP contribution in [0.3, 0.4) is 0 Å². The van der Waals surface area contributed by atoms with Gasteiger partial charge in [0.25, 0.3) is 23.6 Å². The molecule has 0 aliphatic heterocycles. The van der Waals surface area contributed by atoms with Crippen LogP contribution in [-0.4, -0.2) is 149 Å². The molecule has 0 aliphatic carbocycles. The highest BCUT2D eigenvalue weighted by Crippen LogP contribution is 2.28. The summed E-state index contributed by atoms with van der Waals surface area (Å²) in [6, 6.07) is 12.1. The lowest BCUT2D eigenvalue weighted by Gasteiger charge is -2.21. The normalized spacial score (nSPS) is 11.9. The molecule has 0 fully saturated rings. The maximum Gasteiger partial charge on any atom is 0.255 e. The molecule has 0 radical (unpaired) electrons. The standard InChI is InChI=1S/C57H81N21O12/c1-5-90-45-21-17-30(26-34(45)46(59)79)73-51(84)39(11-7-23-69-55(62)63)76-48(81)36-28-32(15-19-43(36)88-3)75-53(86)41(13-9-25-71-57(66)67)78-49(82)37-29-33(16-20-44(37)89-4)74-52(85)40(12-8-24-70-56(64)65)77-47(80)35-27-31(14-18-42(35)87-2)72-50(83)38(58)10-6-22-68-54(60)61/h14-21,26-29,38-41H,5-13,22-25,58H2,1-4H3,(H2,59,79)(H,72,83)(H,73,84)(H,74,85)(H,75,86)(H,76,81)(H,77,80)(H,78,82)(H4,60,61,68)(H4,62,63,69)(H4,64,65,70)(H4,66,67,71)/t38-,39-,40-,41-/m1/s1. The molecule has 486 valence electrons. The Hall–Kier alpha value is -11.1. The van der Waals surface area contributed by atoms with Gasteiger partial charge in [-0.2, -0.15) is 0 Å². The molecule has 4 rings (SSSR count). The summed E-state index contributed by atoms with van der Waals surface area (Å²) >= 11 is 0. The fraction of sp³-hybridized carbons (Fsp3) is 0.368. The number of methoxy groups -OCH3 is 3. The van der Waals surface area contributed by atoms with Crippen molar-refractivity contribution in [2.45, 2.75) is 82.5 Å². The highest BCUT2D eigenvalue weighted by molar-refractivity contribution is 6.08. The second-order valence-electron chi connectivity index (χ2n) is 19.7. The van der Waals surface area contributed by atoms with Gasteiger partial charge in [0.2, 0.25) is 23.6 Å². The molecule has 0 heterocycles. The number of nitrogens with zero attached hydrogens (tertiary/aromatic N) is 4. The number of anilines is 4. The number of amides is 8. The van der Waals surface area contributed by atoms with Gasteiger partial charge in [0.15, 0.2) is 23.8 Å². The minimum Gasteiger partial charge on any atom is -0.496 e. The van der Waals surface area contributed by atoms with Gasteiger partial charge in [-0.3, -0.25) is 58.3 Å². The average molecular weight is 1250 g/mol. The van der Waals surface area contributed by atoms with Gasteiger partial charge in [-0.1, -0.05) is 0 Å². The quantitative estimate of drug-likeness (QED) is 0.0146. The first kappa shape index (κ1) is 71.4. The molecule has 8 amide bonds. The van der Waals surface area contributed by atoms with Crippen molar-refractivity contribution < 1.29 is 57.3 Å². The van der Waals surface area contributed by atoms with Crippen LogP contribution >= 0.6 is 0 Å². The van der Waals surface area contributed by atoms with Crippen molar-refractivity contribution in [1.29, 1.82) is 0 Å². The SMILES string of the molecule is CCOc1ccc(NC(=O)[C@@H](CCCN=C(N)N)NC(=O)c2cc(NC(=O)[C@@H](CCCN=C(N)N)NC(=O)c3cc(NC(=O)[C@@H](CCCN=C(N)N)NC(=O)c4cc(NC(=O)[C@H](N)CCCN=C(N)N)ccc4OC)ccc3OC)ccc2OC)cc1C(N)=O. The molecular weight excluding hydrogens is 1170 g/mol. The Balaban J connectivity index is 1.60. The van der Waals surface area contributed by atoms with Crippen LogP contribution in [0, 0.1) is 0 Å². The second-order valence-corrected chi connectivity index (χ2v) is 19.7. The molecule has 0 saturated heterocycles. The molecule has 0 spiro atoms. The van der Waals surface area contributed by atoms with E-state index in [0.717, 1.165) is 0 Å². The lowest BCUT2D eigenvalue weighted by Crippen LogP contribution is -2.44. The number of ether oxygens (including phenoxy) is 4. The summed E-state index contributed by atoms with van der Waals surface area (Å²) in [5.41, 5.74) is 55.8. The van der Waals surface area contributed by atoms with E-state index >= 15 is 0 Å².